The number of rotatable bonds is 8. The lowest BCUT2D eigenvalue weighted by molar-refractivity contribution is -0.277. The van der Waals surface area contributed by atoms with E-state index in [1.165, 1.54) is 51.7 Å². The summed E-state index contributed by atoms with van der Waals surface area (Å²) in [6.07, 6.45) is -7.80. The normalized spacial score (nSPS) is 24.2. The first kappa shape index (κ1) is 25.2. The highest BCUT2D eigenvalue weighted by Crippen LogP contribution is 2.42. The molecular formula is C22H26O12. The number of ether oxygens (including phenoxy) is 6. The number of carbonyl (C=O) groups excluding carboxylic acids is 1. The molecule has 1 heterocycles. The Kier molecular flexibility index (Phi) is 7.89. The maximum absolute atomic E-state index is 12.4. The molecule has 0 radical (unpaired) electrons. The Hall–Kier alpha value is -3.45. The Bertz CT molecular complexity index is 984. The molecule has 0 bridgehead atoms. The van der Waals surface area contributed by atoms with Crippen LogP contribution in [0.3, 0.4) is 0 Å². The topological polar surface area (TPSA) is 174 Å². The summed E-state index contributed by atoms with van der Waals surface area (Å²) in [6.45, 7) is -0.503. The molecule has 3 rings (SSSR count). The molecule has 0 aromatic heterocycles. The van der Waals surface area contributed by atoms with E-state index in [2.05, 4.69) is 0 Å². The molecular weight excluding hydrogens is 456 g/mol. The van der Waals surface area contributed by atoms with Gasteiger partial charge >= 0.3 is 5.97 Å². The van der Waals surface area contributed by atoms with E-state index in [9.17, 15) is 30.3 Å². The summed E-state index contributed by atoms with van der Waals surface area (Å²) in [5.41, 5.74) is 0.0619. The number of aliphatic hydroxyl groups excluding tert-OH is 3. The molecule has 0 unspecified atom stereocenters. The zero-order valence-electron chi connectivity index (χ0n) is 18.6. The lowest BCUT2D eigenvalue weighted by Crippen LogP contribution is -2.60. The number of carbonyl (C=O) groups is 1. The highest BCUT2D eigenvalue weighted by molar-refractivity contribution is 5.90. The molecule has 186 valence electrons. The van der Waals surface area contributed by atoms with Crippen LogP contribution in [-0.2, 0) is 9.47 Å². The third-order valence-electron chi connectivity index (χ3n) is 5.14. The van der Waals surface area contributed by atoms with Crippen LogP contribution < -0.4 is 18.9 Å². The zero-order chi connectivity index (χ0) is 25.0. The van der Waals surface area contributed by atoms with E-state index in [4.69, 9.17) is 28.4 Å². The van der Waals surface area contributed by atoms with Gasteiger partial charge in [0.15, 0.2) is 23.0 Å². The van der Waals surface area contributed by atoms with Gasteiger partial charge in [-0.2, -0.15) is 0 Å². The van der Waals surface area contributed by atoms with E-state index in [1.807, 2.05) is 0 Å². The van der Waals surface area contributed by atoms with E-state index in [0.29, 0.717) is 0 Å². The van der Waals surface area contributed by atoms with Gasteiger partial charge in [0.2, 0.25) is 12.0 Å². The van der Waals surface area contributed by atoms with Crippen LogP contribution >= 0.6 is 0 Å². The first-order valence-corrected chi connectivity index (χ1v) is 10.1. The van der Waals surface area contributed by atoms with Gasteiger partial charge in [-0.1, -0.05) is 0 Å². The summed E-state index contributed by atoms with van der Waals surface area (Å²) in [6, 6.07) is 6.31. The van der Waals surface area contributed by atoms with E-state index in [1.54, 1.807) is 0 Å². The fourth-order valence-electron chi connectivity index (χ4n) is 3.30. The van der Waals surface area contributed by atoms with Crippen LogP contribution in [0, 0.1) is 0 Å². The number of hydrogen-bond acceptors (Lipinski definition) is 12. The average Bonchev–Trinajstić information content (AvgIpc) is 2.84. The predicted molar refractivity (Wildman–Crippen MR) is 113 cm³/mol. The predicted octanol–water partition coefficient (Wildman–Crippen LogP) is 0.167. The molecule has 5 N–H and O–H groups in total. The van der Waals surface area contributed by atoms with Crippen molar-refractivity contribution < 1.29 is 58.7 Å². The smallest absolute Gasteiger partial charge is 0.338 e. The van der Waals surface area contributed by atoms with Crippen LogP contribution in [0.15, 0.2) is 30.3 Å². The summed E-state index contributed by atoms with van der Waals surface area (Å²) in [5.74, 6) is -1.02. The standard InChI is InChI=1S/C22H26O12/c1-29-13-6-10(4-5-12(13)24)21(28)32-9-16-17(25)18(26)19(27)22(33-16)34-20-14(30-2)7-11(23)8-15(20)31-3/h4-8,16-19,22-27H,9H2,1-3H3/t16-,17-,18+,19-,22+/m1/s1. The quantitative estimate of drug-likeness (QED) is 0.323. The van der Waals surface area contributed by atoms with Gasteiger partial charge in [-0.05, 0) is 18.2 Å². The van der Waals surface area contributed by atoms with Gasteiger partial charge in [0.05, 0.1) is 26.9 Å². The van der Waals surface area contributed by atoms with Crippen LogP contribution in [0.4, 0.5) is 0 Å². The fourth-order valence-corrected chi connectivity index (χ4v) is 3.30. The number of methoxy groups -OCH3 is 3. The third-order valence-corrected chi connectivity index (χ3v) is 5.14. The summed E-state index contributed by atoms with van der Waals surface area (Å²) in [5, 5.41) is 50.4. The number of aliphatic hydroxyl groups is 3. The van der Waals surface area contributed by atoms with Crippen molar-refractivity contribution in [3.05, 3.63) is 35.9 Å². The van der Waals surface area contributed by atoms with Crippen molar-refractivity contribution in [2.24, 2.45) is 0 Å². The van der Waals surface area contributed by atoms with E-state index < -0.39 is 43.3 Å². The Balaban J connectivity index is 1.75. The lowest BCUT2D eigenvalue weighted by atomic mass is 9.99. The molecule has 0 saturated carbocycles. The number of aromatic hydroxyl groups is 2. The van der Waals surface area contributed by atoms with Crippen LogP contribution in [0.1, 0.15) is 10.4 Å². The van der Waals surface area contributed by atoms with Crippen LogP contribution in [0.2, 0.25) is 0 Å². The molecule has 5 atom stereocenters. The SMILES string of the molecule is COc1cc(C(=O)OC[C@H]2O[C@@H](Oc3c(OC)cc(O)cc3OC)[C@H](O)[C@@H](O)[C@@H]2O)ccc1O. The maximum atomic E-state index is 12.4. The second-order valence-corrected chi connectivity index (χ2v) is 7.30. The van der Waals surface area contributed by atoms with Gasteiger partial charge in [0, 0.05) is 12.1 Å². The first-order chi connectivity index (χ1) is 16.2. The van der Waals surface area contributed by atoms with E-state index >= 15 is 0 Å². The van der Waals surface area contributed by atoms with Crippen molar-refractivity contribution in [1.82, 2.24) is 0 Å². The largest absolute Gasteiger partial charge is 0.508 e. The molecule has 12 heteroatoms. The molecule has 1 aliphatic heterocycles. The molecule has 12 nitrogen and oxygen atoms in total. The third kappa shape index (κ3) is 5.20. The van der Waals surface area contributed by atoms with Gasteiger partial charge in [-0.3, -0.25) is 0 Å². The van der Waals surface area contributed by atoms with Gasteiger partial charge in [-0.25, -0.2) is 4.79 Å². The molecule has 1 aliphatic rings. The van der Waals surface area contributed by atoms with Gasteiger partial charge in [0.25, 0.3) is 0 Å². The zero-order valence-corrected chi connectivity index (χ0v) is 18.6. The molecule has 2 aromatic carbocycles. The Labute approximate surface area is 194 Å². The highest BCUT2D eigenvalue weighted by Gasteiger charge is 2.46. The van der Waals surface area contributed by atoms with Crippen molar-refractivity contribution in [1.29, 1.82) is 0 Å². The summed E-state index contributed by atoms with van der Waals surface area (Å²) >= 11 is 0. The van der Waals surface area contributed by atoms with Crippen LogP contribution in [0.5, 0.6) is 34.5 Å². The van der Waals surface area contributed by atoms with E-state index in [0.717, 1.165) is 0 Å². The Morgan fingerprint density at radius 1 is 0.882 bits per heavy atom. The van der Waals surface area contributed by atoms with Crippen LogP contribution in [0.25, 0.3) is 0 Å². The minimum absolute atomic E-state index is 0.0395. The van der Waals surface area contributed by atoms with Crippen molar-refractivity contribution in [2.75, 3.05) is 27.9 Å². The number of benzene rings is 2. The molecule has 1 fully saturated rings. The molecule has 0 spiro atoms. The van der Waals surface area contributed by atoms with E-state index in [-0.39, 0.29) is 40.1 Å². The fraction of sp³-hybridized carbons (Fsp3) is 0.409. The van der Waals surface area contributed by atoms with Gasteiger partial charge in [0.1, 0.15) is 36.8 Å². The number of hydrogen-bond donors (Lipinski definition) is 5. The monoisotopic (exact) mass is 482 g/mol. The molecule has 0 amide bonds. The summed E-state index contributed by atoms with van der Waals surface area (Å²) in [7, 11) is 3.96. The summed E-state index contributed by atoms with van der Waals surface area (Å²) < 4.78 is 31.7. The van der Waals surface area contributed by atoms with Crippen LogP contribution in [-0.4, -0.2) is 90.1 Å². The number of phenolic OH excluding ortho intramolecular Hbond substituents is 2. The number of phenols is 2. The highest BCUT2D eigenvalue weighted by atomic mass is 16.7. The number of esters is 1. The van der Waals surface area contributed by atoms with Gasteiger partial charge in [-0.15, -0.1) is 0 Å². The summed E-state index contributed by atoms with van der Waals surface area (Å²) in [4.78, 5) is 12.4. The minimum Gasteiger partial charge on any atom is -0.508 e. The van der Waals surface area contributed by atoms with Crippen molar-refractivity contribution in [2.45, 2.75) is 30.7 Å². The van der Waals surface area contributed by atoms with Crippen molar-refractivity contribution in [3.63, 3.8) is 0 Å². The maximum Gasteiger partial charge on any atom is 0.338 e. The average molecular weight is 482 g/mol. The Morgan fingerprint density at radius 2 is 1.50 bits per heavy atom. The van der Waals surface area contributed by atoms with Crippen molar-refractivity contribution in [3.8, 4) is 34.5 Å². The first-order valence-electron chi connectivity index (χ1n) is 10.1. The second-order valence-electron chi connectivity index (χ2n) is 7.30. The van der Waals surface area contributed by atoms with Crippen molar-refractivity contribution >= 4 is 5.97 Å². The minimum atomic E-state index is -1.70. The molecule has 34 heavy (non-hydrogen) atoms. The Morgan fingerprint density at radius 3 is 2.09 bits per heavy atom. The van der Waals surface area contributed by atoms with Gasteiger partial charge < -0.3 is 54.0 Å². The second kappa shape index (κ2) is 10.7. The molecule has 0 aliphatic carbocycles. The molecule has 1 saturated heterocycles. The molecule has 2 aromatic rings. The lowest BCUT2D eigenvalue weighted by Gasteiger charge is -2.40.